The van der Waals surface area contributed by atoms with Gasteiger partial charge in [-0.05, 0) is 31.7 Å². The van der Waals surface area contributed by atoms with E-state index in [0.29, 0.717) is 30.8 Å². The molecule has 0 bridgehead atoms. The Hall–Kier alpha value is 0. The van der Waals surface area contributed by atoms with Crippen molar-refractivity contribution in [1.29, 1.82) is 0 Å². The van der Waals surface area contributed by atoms with E-state index in [-0.39, 0.29) is 6.61 Å². The summed E-state index contributed by atoms with van der Waals surface area (Å²) in [5, 5.41) is 3.37. The largest absolute Gasteiger partial charge is 0.411 e. The molecular formula is C12H21ClF3NO. The maximum Gasteiger partial charge on any atom is 0.411 e. The van der Waals surface area contributed by atoms with Gasteiger partial charge in [-0.2, -0.15) is 13.2 Å². The van der Waals surface area contributed by atoms with Crippen LogP contribution in [0.25, 0.3) is 0 Å². The first-order valence-electron chi connectivity index (χ1n) is 6.47. The topological polar surface area (TPSA) is 21.3 Å². The van der Waals surface area contributed by atoms with Gasteiger partial charge in [-0.1, -0.05) is 12.8 Å². The second-order valence-corrected chi connectivity index (χ2v) is 5.09. The fraction of sp³-hybridized carbons (Fsp3) is 1.00. The van der Waals surface area contributed by atoms with E-state index in [4.69, 9.17) is 11.6 Å². The molecule has 0 radical (unpaired) electrons. The van der Waals surface area contributed by atoms with E-state index in [9.17, 15) is 13.2 Å². The highest BCUT2D eigenvalue weighted by Crippen LogP contribution is 2.25. The zero-order valence-corrected chi connectivity index (χ0v) is 11.2. The van der Waals surface area contributed by atoms with Crippen LogP contribution in [-0.4, -0.2) is 37.9 Å². The first-order valence-corrected chi connectivity index (χ1v) is 7.00. The van der Waals surface area contributed by atoms with Gasteiger partial charge in [0.1, 0.15) is 6.61 Å². The molecule has 0 heterocycles. The Morgan fingerprint density at radius 3 is 2.61 bits per heavy atom. The minimum absolute atomic E-state index is 0.144. The Morgan fingerprint density at radius 1 is 1.22 bits per heavy atom. The van der Waals surface area contributed by atoms with Crippen molar-refractivity contribution < 1.29 is 17.9 Å². The van der Waals surface area contributed by atoms with Crippen molar-refractivity contribution in [1.82, 2.24) is 5.32 Å². The van der Waals surface area contributed by atoms with E-state index >= 15 is 0 Å². The van der Waals surface area contributed by atoms with Gasteiger partial charge in [-0.3, -0.25) is 0 Å². The van der Waals surface area contributed by atoms with Gasteiger partial charge in [-0.15, -0.1) is 11.6 Å². The molecule has 1 aliphatic rings. The van der Waals surface area contributed by atoms with E-state index in [1.807, 2.05) is 0 Å². The third-order valence-corrected chi connectivity index (χ3v) is 3.64. The van der Waals surface area contributed by atoms with Crippen LogP contribution in [0.4, 0.5) is 13.2 Å². The number of hydrogen-bond acceptors (Lipinski definition) is 2. The quantitative estimate of drug-likeness (QED) is 0.573. The lowest BCUT2D eigenvalue weighted by Gasteiger charge is -2.31. The summed E-state index contributed by atoms with van der Waals surface area (Å²) in [6.07, 6.45) is 1.06. The minimum atomic E-state index is -4.22. The molecule has 1 aliphatic carbocycles. The first-order chi connectivity index (χ1) is 8.53. The molecule has 1 N–H and O–H groups in total. The van der Waals surface area contributed by atoms with Gasteiger partial charge in [0.05, 0.1) is 0 Å². The highest BCUT2D eigenvalue weighted by atomic mass is 35.5. The first kappa shape index (κ1) is 16.1. The number of halogens is 4. The molecule has 1 rings (SSSR count). The molecule has 2 nitrogen and oxygen atoms in total. The highest BCUT2D eigenvalue weighted by Gasteiger charge is 2.27. The standard InChI is InChI=1S/C12H21ClF3NO/c13-8-10-4-1-2-5-11(10)17-6-3-7-18-9-12(14,15)16/h10-11,17H,1-9H2. The summed E-state index contributed by atoms with van der Waals surface area (Å²) in [7, 11) is 0. The van der Waals surface area contributed by atoms with Gasteiger partial charge in [0.25, 0.3) is 0 Å². The van der Waals surface area contributed by atoms with Crippen LogP contribution in [0.1, 0.15) is 32.1 Å². The summed E-state index contributed by atoms with van der Waals surface area (Å²) in [5.74, 6) is 1.15. The number of hydrogen-bond donors (Lipinski definition) is 1. The monoisotopic (exact) mass is 287 g/mol. The average Bonchev–Trinajstić information content (AvgIpc) is 2.32. The van der Waals surface area contributed by atoms with Crippen molar-refractivity contribution in [3.8, 4) is 0 Å². The summed E-state index contributed by atoms with van der Waals surface area (Å²) in [6, 6.07) is 0.416. The van der Waals surface area contributed by atoms with Crippen molar-refractivity contribution in [2.75, 3.05) is 25.6 Å². The smallest absolute Gasteiger partial charge is 0.372 e. The third-order valence-electron chi connectivity index (χ3n) is 3.24. The normalized spacial score (nSPS) is 25.3. The SMILES string of the molecule is FC(F)(F)COCCCNC1CCCCC1CCl. The van der Waals surface area contributed by atoms with Crippen LogP contribution in [-0.2, 0) is 4.74 Å². The highest BCUT2D eigenvalue weighted by molar-refractivity contribution is 6.18. The predicted molar refractivity (Wildman–Crippen MR) is 66.0 cm³/mol. The molecule has 0 aliphatic heterocycles. The van der Waals surface area contributed by atoms with Gasteiger partial charge in [0.2, 0.25) is 0 Å². The molecule has 1 fully saturated rings. The fourth-order valence-corrected chi connectivity index (χ4v) is 2.68. The van der Waals surface area contributed by atoms with E-state index in [1.165, 1.54) is 12.8 Å². The Morgan fingerprint density at radius 2 is 1.94 bits per heavy atom. The zero-order valence-electron chi connectivity index (χ0n) is 10.4. The summed E-state index contributed by atoms with van der Waals surface area (Å²) in [4.78, 5) is 0. The van der Waals surface area contributed by atoms with Crippen molar-refractivity contribution in [2.24, 2.45) is 5.92 Å². The molecule has 1 saturated carbocycles. The molecule has 0 saturated heterocycles. The van der Waals surface area contributed by atoms with Gasteiger partial charge in [-0.25, -0.2) is 0 Å². The molecular weight excluding hydrogens is 267 g/mol. The number of alkyl halides is 4. The van der Waals surface area contributed by atoms with Crippen molar-refractivity contribution in [2.45, 2.75) is 44.3 Å². The average molecular weight is 288 g/mol. The van der Waals surface area contributed by atoms with Gasteiger partial charge >= 0.3 is 6.18 Å². The molecule has 108 valence electrons. The van der Waals surface area contributed by atoms with Crippen molar-refractivity contribution >= 4 is 11.6 Å². The lowest BCUT2D eigenvalue weighted by molar-refractivity contribution is -0.174. The second kappa shape index (κ2) is 8.23. The molecule has 2 unspecified atom stereocenters. The van der Waals surface area contributed by atoms with Crippen molar-refractivity contribution in [3.05, 3.63) is 0 Å². The van der Waals surface area contributed by atoms with E-state index in [2.05, 4.69) is 10.1 Å². The molecule has 2 atom stereocenters. The maximum atomic E-state index is 11.8. The Labute approximate surface area is 111 Å². The number of rotatable bonds is 7. The summed E-state index contributed by atoms with van der Waals surface area (Å²) >= 11 is 5.90. The van der Waals surface area contributed by atoms with Crippen LogP contribution in [0.3, 0.4) is 0 Å². The van der Waals surface area contributed by atoms with Crippen LogP contribution in [0.2, 0.25) is 0 Å². The molecule has 0 aromatic rings. The minimum Gasteiger partial charge on any atom is -0.372 e. The summed E-state index contributed by atoms with van der Waals surface area (Å²) < 4.78 is 39.9. The van der Waals surface area contributed by atoms with Crippen LogP contribution < -0.4 is 5.32 Å². The number of ether oxygens (including phenoxy) is 1. The van der Waals surface area contributed by atoms with E-state index < -0.39 is 12.8 Å². The molecule has 0 amide bonds. The zero-order chi connectivity index (χ0) is 13.4. The van der Waals surface area contributed by atoms with Crippen LogP contribution >= 0.6 is 11.6 Å². The summed E-state index contributed by atoms with van der Waals surface area (Å²) in [5.41, 5.74) is 0. The Balaban J connectivity index is 2.03. The lowest BCUT2D eigenvalue weighted by atomic mass is 9.86. The Kier molecular flexibility index (Phi) is 7.34. The fourth-order valence-electron chi connectivity index (χ4n) is 2.31. The van der Waals surface area contributed by atoms with Crippen LogP contribution in [0.15, 0.2) is 0 Å². The van der Waals surface area contributed by atoms with Crippen LogP contribution in [0, 0.1) is 5.92 Å². The van der Waals surface area contributed by atoms with Gasteiger partial charge in [0, 0.05) is 18.5 Å². The molecule has 6 heteroatoms. The predicted octanol–water partition coefficient (Wildman–Crippen LogP) is 3.34. The van der Waals surface area contributed by atoms with Crippen molar-refractivity contribution in [3.63, 3.8) is 0 Å². The molecule has 0 aromatic carbocycles. The van der Waals surface area contributed by atoms with Gasteiger partial charge < -0.3 is 10.1 Å². The number of nitrogens with one attached hydrogen (secondary N) is 1. The summed E-state index contributed by atoms with van der Waals surface area (Å²) in [6.45, 7) is -0.318. The third kappa shape index (κ3) is 6.81. The molecule has 18 heavy (non-hydrogen) atoms. The van der Waals surface area contributed by atoms with Crippen LogP contribution in [0.5, 0.6) is 0 Å². The van der Waals surface area contributed by atoms with Gasteiger partial charge in [0.15, 0.2) is 0 Å². The maximum absolute atomic E-state index is 11.8. The molecule has 0 aromatic heterocycles. The molecule has 0 spiro atoms. The Bertz CT molecular complexity index is 226. The van der Waals surface area contributed by atoms with E-state index in [1.54, 1.807) is 0 Å². The lowest BCUT2D eigenvalue weighted by Crippen LogP contribution is -2.40. The van der Waals surface area contributed by atoms with E-state index in [0.717, 1.165) is 12.8 Å². The second-order valence-electron chi connectivity index (χ2n) is 4.78.